The minimum absolute atomic E-state index is 0.382. The third-order valence-electron chi connectivity index (χ3n) is 3.91. The summed E-state index contributed by atoms with van der Waals surface area (Å²) in [6.45, 7) is 0.813. The first kappa shape index (κ1) is 12.2. The predicted octanol–water partition coefficient (Wildman–Crippen LogP) is 3.33. The summed E-state index contributed by atoms with van der Waals surface area (Å²) in [7, 11) is 0. The van der Waals surface area contributed by atoms with Crippen molar-refractivity contribution in [2.75, 3.05) is 11.4 Å². The molecule has 1 saturated heterocycles. The van der Waals surface area contributed by atoms with Crippen molar-refractivity contribution in [2.24, 2.45) is 5.92 Å². The zero-order chi connectivity index (χ0) is 12.8. The fourth-order valence-electron chi connectivity index (χ4n) is 3.14. The average Bonchev–Trinajstić information content (AvgIpc) is 2.96. The van der Waals surface area contributed by atoms with Gasteiger partial charge < -0.3 is 4.90 Å². The van der Waals surface area contributed by atoms with E-state index in [1.165, 1.54) is 19.3 Å². The molecule has 0 radical (unpaired) electrons. The number of hydrogen-bond acceptors (Lipinski definition) is 4. The number of alkyl halides is 3. The normalized spacial score (nSPS) is 28.5. The number of fused-ring (bicyclic) bond motifs is 1. The Morgan fingerprint density at radius 3 is 2.67 bits per heavy atom. The van der Waals surface area contributed by atoms with Crippen LogP contribution in [0.3, 0.4) is 0 Å². The maximum Gasteiger partial charge on any atom is 0.452 e. The quantitative estimate of drug-likeness (QED) is 0.788. The van der Waals surface area contributed by atoms with Crippen molar-refractivity contribution in [2.45, 2.75) is 44.3 Å². The number of halogens is 3. The second kappa shape index (κ2) is 4.36. The van der Waals surface area contributed by atoms with Gasteiger partial charge in [-0.15, -0.1) is 0 Å². The molecule has 100 valence electrons. The lowest BCUT2D eigenvalue weighted by atomic mass is 9.92. The largest absolute Gasteiger partial charge is 0.452 e. The molecule has 1 aromatic rings. The molecular formula is C11H14F3N3S. The summed E-state index contributed by atoms with van der Waals surface area (Å²) >= 11 is 0.877. The first-order valence-electron chi connectivity index (χ1n) is 6.23. The molecule has 2 fully saturated rings. The molecule has 2 heterocycles. The highest BCUT2D eigenvalue weighted by Crippen LogP contribution is 2.40. The highest BCUT2D eigenvalue weighted by atomic mass is 32.1. The van der Waals surface area contributed by atoms with Crippen LogP contribution in [0.4, 0.5) is 18.3 Å². The Bertz CT molecular complexity index is 431. The minimum atomic E-state index is -4.43. The third kappa shape index (κ3) is 2.08. The molecule has 3 rings (SSSR count). The molecule has 1 aliphatic carbocycles. The maximum absolute atomic E-state index is 12.5. The van der Waals surface area contributed by atoms with Gasteiger partial charge in [0.2, 0.25) is 11.0 Å². The van der Waals surface area contributed by atoms with Crippen LogP contribution in [0.15, 0.2) is 0 Å². The molecule has 1 saturated carbocycles. The lowest BCUT2D eigenvalue weighted by molar-refractivity contribution is -0.144. The van der Waals surface area contributed by atoms with Crippen LogP contribution in [0.2, 0.25) is 0 Å². The van der Waals surface area contributed by atoms with E-state index in [9.17, 15) is 13.2 Å². The van der Waals surface area contributed by atoms with Gasteiger partial charge in [-0.05, 0) is 31.6 Å². The van der Waals surface area contributed by atoms with Gasteiger partial charge in [-0.2, -0.15) is 22.5 Å². The zero-order valence-electron chi connectivity index (χ0n) is 9.78. The Balaban J connectivity index is 1.83. The Labute approximate surface area is 107 Å². The minimum Gasteiger partial charge on any atom is -0.344 e. The van der Waals surface area contributed by atoms with Crippen LogP contribution in [-0.4, -0.2) is 21.9 Å². The summed E-state index contributed by atoms with van der Waals surface area (Å²) in [5.41, 5.74) is 0. The van der Waals surface area contributed by atoms with Gasteiger partial charge in [0.25, 0.3) is 0 Å². The monoisotopic (exact) mass is 277 g/mol. The van der Waals surface area contributed by atoms with E-state index < -0.39 is 12.0 Å². The van der Waals surface area contributed by atoms with Crippen molar-refractivity contribution in [3.8, 4) is 0 Å². The molecule has 1 aromatic heterocycles. The smallest absolute Gasteiger partial charge is 0.344 e. The van der Waals surface area contributed by atoms with Crippen molar-refractivity contribution in [1.82, 2.24) is 9.36 Å². The molecule has 18 heavy (non-hydrogen) atoms. The topological polar surface area (TPSA) is 29.0 Å². The molecular weight excluding hydrogens is 263 g/mol. The molecule has 0 spiro atoms. The number of rotatable bonds is 1. The fraction of sp³-hybridized carbons (Fsp3) is 0.818. The summed E-state index contributed by atoms with van der Waals surface area (Å²) < 4.78 is 40.9. The molecule has 0 N–H and O–H groups in total. The molecule has 0 bridgehead atoms. The summed E-state index contributed by atoms with van der Waals surface area (Å²) in [4.78, 5) is 5.72. The van der Waals surface area contributed by atoms with Crippen molar-refractivity contribution >= 4 is 16.7 Å². The van der Waals surface area contributed by atoms with Crippen LogP contribution >= 0.6 is 11.5 Å². The van der Waals surface area contributed by atoms with Crippen LogP contribution in [0, 0.1) is 5.92 Å². The molecule has 0 aromatic carbocycles. The fourth-order valence-corrected chi connectivity index (χ4v) is 3.91. The first-order valence-corrected chi connectivity index (χ1v) is 7.00. The second-order valence-corrected chi connectivity index (χ2v) is 5.72. The summed E-state index contributed by atoms with van der Waals surface area (Å²) in [5.74, 6) is -0.361. The summed E-state index contributed by atoms with van der Waals surface area (Å²) in [6, 6.07) is 0.382. The van der Waals surface area contributed by atoms with E-state index in [0.29, 0.717) is 17.1 Å². The predicted molar refractivity (Wildman–Crippen MR) is 62.6 cm³/mol. The van der Waals surface area contributed by atoms with Gasteiger partial charge >= 0.3 is 6.18 Å². The van der Waals surface area contributed by atoms with Crippen LogP contribution in [0.25, 0.3) is 0 Å². The van der Waals surface area contributed by atoms with E-state index in [1.54, 1.807) is 0 Å². The second-order valence-electron chi connectivity index (χ2n) is 4.99. The number of piperidine rings is 1. The number of aromatic nitrogens is 2. The Hall–Kier alpha value is -0.850. The number of anilines is 1. The lowest BCUT2D eigenvalue weighted by Gasteiger charge is -2.37. The Morgan fingerprint density at radius 2 is 1.94 bits per heavy atom. The van der Waals surface area contributed by atoms with Crippen LogP contribution < -0.4 is 4.90 Å². The van der Waals surface area contributed by atoms with Crippen molar-refractivity contribution < 1.29 is 13.2 Å². The van der Waals surface area contributed by atoms with Gasteiger partial charge in [0.15, 0.2) is 0 Å². The molecule has 7 heteroatoms. The number of hydrogen-bond donors (Lipinski definition) is 0. The Morgan fingerprint density at radius 1 is 1.17 bits per heavy atom. The molecule has 0 unspecified atom stereocenters. The summed E-state index contributed by atoms with van der Waals surface area (Å²) in [6.07, 6.45) is 1.27. The van der Waals surface area contributed by atoms with E-state index in [0.717, 1.165) is 30.9 Å². The van der Waals surface area contributed by atoms with Crippen molar-refractivity contribution in [3.63, 3.8) is 0 Å². The van der Waals surface area contributed by atoms with Crippen LogP contribution in [-0.2, 0) is 6.18 Å². The molecule has 1 aliphatic heterocycles. The van der Waals surface area contributed by atoms with Gasteiger partial charge in [-0.3, -0.25) is 0 Å². The third-order valence-corrected chi connectivity index (χ3v) is 4.66. The Kier molecular flexibility index (Phi) is 2.96. The van der Waals surface area contributed by atoms with Gasteiger partial charge in [0.05, 0.1) is 0 Å². The van der Waals surface area contributed by atoms with Gasteiger partial charge in [0.1, 0.15) is 0 Å². The van der Waals surface area contributed by atoms with Gasteiger partial charge in [0, 0.05) is 24.1 Å². The standard InChI is InChI=1S/C11H14F3N3S/c12-11(13,14)9-15-10(18-16-9)17-6-2-4-7-3-1-5-8(7)17/h7-8H,1-6H2/t7-,8-/m0/s1. The molecule has 3 nitrogen and oxygen atoms in total. The maximum atomic E-state index is 12.5. The van der Waals surface area contributed by atoms with Crippen molar-refractivity contribution in [1.29, 1.82) is 0 Å². The van der Waals surface area contributed by atoms with Crippen LogP contribution in [0.1, 0.15) is 37.9 Å². The van der Waals surface area contributed by atoms with E-state index in [-0.39, 0.29) is 0 Å². The zero-order valence-corrected chi connectivity index (χ0v) is 10.6. The molecule has 2 aliphatic rings. The van der Waals surface area contributed by atoms with Gasteiger partial charge in [-0.1, -0.05) is 6.42 Å². The van der Waals surface area contributed by atoms with E-state index in [1.807, 2.05) is 4.90 Å². The first-order chi connectivity index (χ1) is 8.55. The number of nitrogens with zero attached hydrogens (tertiary/aromatic N) is 3. The van der Waals surface area contributed by atoms with Gasteiger partial charge in [-0.25, -0.2) is 0 Å². The van der Waals surface area contributed by atoms with Crippen molar-refractivity contribution in [3.05, 3.63) is 5.82 Å². The summed E-state index contributed by atoms with van der Waals surface area (Å²) in [5, 5.41) is 0.443. The SMILES string of the molecule is FC(F)(F)c1nsc(N2CCC[C@@H]3CCC[C@@H]32)n1. The van der Waals surface area contributed by atoms with Crippen LogP contribution in [0.5, 0.6) is 0 Å². The highest BCUT2D eigenvalue weighted by Gasteiger charge is 2.40. The molecule has 0 amide bonds. The lowest BCUT2D eigenvalue weighted by Crippen LogP contribution is -2.42. The van der Waals surface area contributed by atoms with E-state index in [2.05, 4.69) is 9.36 Å². The highest BCUT2D eigenvalue weighted by molar-refractivity contribution is 7.09. The molecule has 2 atom stereocenters. The average molecular weight is 277 g/mol. The van der Waals surface area contributed by atoms with E-state index in [4.69, 9.17) is 0 Å². The van der Waals surface area contributed by atoms with E-state index >= 15 is 0 Å².